The molecule has 5 nitrogen and oxygen atoms in total. The summed E-state index contributed by atoms with van der Waals surface area (Å²) < 4.78 is 1.87. The number of hydrogen-bond donors (Lipinski definition) is 2. The molecule has 1 amide bonds. The Bertz CT molecular complexity index is 433. The zero-order chi connectivity index (χ0) is 14.1. The summed E-state index contributed by atoms with van der Waals surface area (Å²) >= 11 is 0. The molecule has 1 unspecified atom stereocenters. The summed E-state index contributed by atoms with van der Waals surface area (Å²) in [6.07, 6.45) is 5.28. The van der Waals surface area contributed by atoms with Crippen LogP contribution in [0.5, 0.6) is 0 Å². The quantitative estimate of drug-likeness (QED) is 0.699. The second kappa shape index (κ2) is 8.33. The number of amides is 1. The number of carbonyl (C=O) groups excluding carboxylic acids is 1. The molecular formula is C14H22N4O. The molecule has 19 heavy (non-hydrogen) atoms. The minimum atomic E-state index is -0.0612. The van der Waals surface area contributed by atoms with Gasteiger partial charge in [-0.2, -0.15) is 5.26 Å². The van der Waals surface area contributed by atoms with E-state index in [1.54, 1.807) is 0 Å². The second-order valence-electron chi connectivity index (χ2n) is 4.39. The van der Waals surface area contributed by atoms with Crippen LogP contribution in [0.25, 0.3) is 0 Å². The Balaban J connectivity index is 2.50. The summed E-state index contributed by atoms with van der Waals surface area (Å²) in [5.74, 6) is -0.0612. The lowest BCUT2D eigenvalue weighted by molar-refractivity contribution is -0.121. The van der Waals surface area contributed by atoms with Crippen LogP contribution in [-0.2, 0) is 11.3 Å². The maximum Gasteiger partial charge on any atom is 0.239 e. The summed E-state index contributed by atoms with van der Waals surface area (Å²) in [4.78, 5) is 11.6. The summed E-state index contributed by atoms with van der Waals surface area (Å²) in [5, 5.41) is 14.5. The first kappa shape index (κ1) is 15.3. The van der Waals surface area contributed by atoms with Crippen molar-refractivity contribution in [3.63, 3.8) is 0 Å². The third-order valence-electron chi connectivity index (χ3n) is 2.92. The number of hydrogen-bond acceptors (Lipinski definition) is 3. The van der Waals surface area contributed by atoms with E-state index in [9.17, 15) is 4.79 Å². The van der Waals surface area contributed by atoms with Crippen molar-refractivity contribution in [2.45, 2.75) is 39.3 Å². The first-order valence-corrected chi connectivity index (χ1v) is 6.74. The summed E-state index contributed by atoms with van der Waals surface area (Å²) in [6, 6.07) is 4.38. The van der Waals surface area contributed by atoms with Crippen LogP contribution in [-0.4, -0.2) is 23.6 Å². The number of aromatic nitrogens is 1. The Morgan fingerprint density at radius 3 is 2.95 bits per heavy atom. The van der Waals surface area contributed by atoms with Gasteiger partial charge in [0.05, 0.1) is 12.5 Å². The van der Waals surface area contributed by atoms with Crippen LogP contribution in [0.3, 0.4) is 0 Å². The Morgan fingerprint density at radius 1 is 1.53 bits per heavy atom. The van der Waals surface area contributed by atoms with Gasteiger partial charge in [-0.1, -0.05) is 13.8 Å². The summed E-state index contributed by atoms with van der Waals surface area (Å²) in [6.45, 7) is 5.87. The van der Waals surface area contributed by atoms with E-state index in [1.165, 1.54) is 5.56 Å². The molecule has 1 aromatic rings. The maximum absolute atomic E-state index is 11.6. The van der Waals surface area contributed by atoms with E-state index in [0.717, 1.165) is 13.0 Å². The topological polar surface area (TPSA) is 69.8 Å². The SMILES string of the molecule is CCNC(CC)c1ccn(CC(=O)NCCC#N)c1. The molecule has 0 aromatic carbocycles. The molecule has 0 aliphatic rings. The molecule has 104 valence electrons. The minimum Gasteiger partial charge on any atom is -0.354 e. The fourth-order valence-corrected chi connectivity index (χ4v) is 1.99. The Morgan fingerprint density at radius 2 is 2.32 bits per heavy atom. The normalized spacial score (nSPS) is 11.8. The van der Waals surface area contributed by atoms with Crippen molar-refractivity contribution in [3.05, 3.63) is 24.0 Å². The van der Waals surface area contributed by atoms with Crippen molar-refractivity contribution in [1.82, 2.24) is 15.2 Å². The molecule has 1 aromatic heterocycles. The van der Waals surface area contributed by atoms with E-state index >= 15 is 0 Å². The first-order valence-electron chi connectivity index (χ1n) is 6.74. The number of nitriles is 1. The highest BCUT2D eigenvalue weighted by atomic mass is 16.1. The van der Waals surface area contributed by atoms with Crippen LogP contribution in [0, 0.1) is 11.3 Å². The standard InChI is InChI=1S/C14H22N4O/c1-3-13(16-4-2)12-6-9-18(10-12)11-14(19)17-8-5-7-15/h6,9-10,13,16H,3-5,8,11H2,1-2H3,(H,17,19). The fourth-order valence-electron chi connectivity index (χ4n) is 1.99. The van der Waals surface area contributed by atoms with Gasteiger partial charge in [-0.25, -0.2) is 0 Å². The monoisotopic (exact) mass is 262 g/mol. The zero-order valence-electron chi connectivity index (χ0n) is 11.6. The van der Waals surface area contributed by atoms with Gasteiger partial charge in [0.25, 0.3) is 0 Å². The Labute approximate surface area is 114 Å². The highest BCUT2D eigenvalue weighted by Crippen LogP contribution is 2.16. The molecule has 5 heteroatoms. The third kappa shape index (κ3) is 5.14. The molecule has 0 saturated heterocycles. The van der Waals surface area contributed by atoms with Crippen molar-refractivity contribution in [1.29, 1.82) is 5.26 Å². The molecule has 0 fully saturated rings. The van der Waals surface area contributed by atoms with Crippen LogP contribution in [0.15, 0.2) is 18.5 Å². The van der Waals surface area contributed by atoms with Gasteiger partial charge in [0.2, 0.25) is 5.91 Å². The predicted octanol–water partition coefficient (Wildman–Crippen LogP) is 1.58. The number of carbonyl (C=O) groups is 1. The lowest BCUT2D eigenvalue weighted by Crippen LogP contribution is -2.27. The van der Waals surface area contributed by atoms with Crippen molar-refractivity contribution in [2.24, 2.45) is 0 Å². The minimum absolute atomic E-state index is 0.0612. The summed E-state index contributed by atoms with van der Waals surface area (Å²) in [5.41, 5.74) is 1.20. The maximum atomic E-state index is 11.6. The largest absolute Gasteiger partial charge is 0.354 e. The molecule has 0 radical (unpaired) electrons. The average Bonchev–Trinajstić information content (AvgIpc) is 2.84. The van der Waals surface area contributed by atoms with E-state index < -0.39 is 0 Å². The highest BCUT2D eigenvalue weighted by molar-refractivity contribution is 5.75. The van der Waals surface area contributed by atoms with Crippen LogP contribution in [0.2, 0.25) is 0 Å². The second-order valence-corrected chi connectivity index (χ2v) is 4.39. The predicted molar refractivity (Wildman–Crippen MR) is 74.4 cm³/mol. The third-order valence-corrected chi connectivity index (χ3v) is 2.92. The highest BCUT2D eigenvalue weighted by Gasteiger charge is 2.10. The molecular weight excluding hydrogens is 240 g/mol. The fraction of sp³-hybridized carbons (Fsp3) is 0.571. The Kier molecular flexibility index (Phi) is 6.69. The first-order chi connectivity index (χ1) is 9.21. The van der Waals surface area contributed by atoms with Crippen molar-refractivity contribution in [3.8, 4) is 6.07 Å². The zero-order valence-corrected chi connectivity index (χ0v) is 11.6. The molecule has 1 heterocycles. The smallest absolute Gasteiger partial charge is 0.239 e. The Hall–Kier alpha value is -1.80. The number of nitrogens with one attached hydrogen (secondary N) is 2. The molecule has 0 aliphatic heterocycles. The summed E-state index contributed by atoms with van der Waals surface area (Å²) in [7, 11) is 0. The van der Waals surface area contributed by atoms with Crippen LogP contribution in [0.4, 0.5) is 0 Å². The van der Waals surface area contributed by atoms with Gasteiger partial charge in [0, 0.05) is 25.0 Å². The van der Waals surface area contributed by atoms with Crippen LogP contribution < -0.4 is 10.6 Å². The van der Waals surface area contributed by atoms with E-state index in [1.807, 2.05) is 29.1 Å². The van der Waals surface area contributed by atoms with Gasteiger partial charge in [-0.05, 0) is 24.6 Å². The van der Waals surface area contributed by atoms with Crippen LogP contribution >= 0.6 is 0 Å². The molecule has 2 N–H and O–H groups in total. The molecule has 0 bridgehead atoms. The van der Waals surface area contributed by atoms with Gasteiger partial charge < -0.3 is 15.2 Å². The van der Waals surface area contributed by atoms with Crippen molar-refractivity contribution in [2.75, 3.05) is 13.1 Å². The molecule has 1 atom stereocenters. The van der Waals surface area contributed by atoms with Crippen molar-refractivity contribution >= 4 is 5.91 Å². The number of nitrogens with zero attached hydrogens (tertiary/aromatic N) is 2. The van der Waals surface area contributed by atoms with Gasteiger partial charge in [-0.15, -0.1) is 0 Å². The van der Waals surface area contributed by atoms with Gasteiger partial charge in [-0.3, -0.25) is 4.79 Å². The van der Waals surface area contributed by atoms with Crippen LogP contribution in [0.1, 0.15) is 38.3 Å². The average molecular weight is 262 g/mol. The van der Waals surface area contributed by atoms with E-state index in [-0.39, 0.29) is 5.91 Å². The van der Waals surface area contributed by atoms with Gasteiger partial charge in [0.15, 0.2) is 0 Å². The van der Waals surface area contributed by atoms with E-state index in [2.05, 4.69) is 24.5 Å². The molecule has 0 saturated carbocycles. The number of rotatable bonds is 8. The van der Waals surface area contributed by atoms with Crippen molar-refractivity contribution < 1.29 is 4.79 Å². The molecule has 0 aliphatic carbocycles. The lowest BCUT2D eigenvalue weighted by Gasteiger charge is -2.13. The van der Waals surface area contributed by atoms with Gasteiger partial charge >= 0.3 is 0 Å². The van der Waals surface area contributed by atoms with Gasteiger partial charge in [0.1, 0.15) is 6.54 Å². The van der Waals surface area contributed by atoms with E-state index in [0.29, 0.717) is 25.6 Å². The lowest BCUT2D eigenvalue weighted by atomic mass is 10.1. The molecule has 0 spiro atoms. The molecule has 1 rings (SSSR count). The van der Waals surface area contributed by atoms with E-state index in [4.69, 9.17) is 5.26 Å².